The van der Waals surface area contributed by atoms with Crippen LogP contribution >= 0.6 is 0 Å². The first-order chi connectivity index (χ1) is 8.58. The topological polar surface area (TPSA) is 41.5 Å². The first-order valence-corrected chi connectivity index (χ1v) is 7.13. The Morgan fingerprint density at radius 2 is 2.06 bits per heavy atom. The maximum absolute atomic E-state index is 9.60. The van der Waals surface area contributed by atoms with Crippen molar-refractivity contribution in [2.45, 2.75) is 52.5 Å². The molecular formula is C15H29NO2. The summed E-state index contributed by atoms with van der Waals surface area (Å²) >= 11 is 0. The Labute approximate surface area is 112 Å². The minimum atomic E-state index is 0.0447. The largest absolute Gasteiger partial charge is 0.396 e. The molecule has 1 atom stereocenters. The number of hydrogen-bond donors (Lipinski definition) is 2. The maximum Gasteiger partial charge on any atom is 0.0501 e. The Hall–Kier alpha value is -0.380. The van der Waals surface area contributed by atoms with Crippen LogP contribution in [0.25, 0.3) is 0 Å². The van der Waals surface area contributed by atoms with Gasteiger partial charge in [-0.3, -0.25) is 0 Å². The van der Waals surface area contributed by atoms with E-state index in [0.717, 1.165) is 45.4 Å². The summed E-state index contributed by atoms with van der Waals surface area (Å²) in [6.07, 6.45) is 6.51. The van der Waals surface area contributed by atoms with E-state index in [4.69, 9.17) is 4.74 Å². The van der Waals surface area contributed by atoms with Crippen LogP contribution in [0.1, 0.15) is 46.5 Å². The third-order valence-corrected chi connectivity index (χ3v) is 3.87. The minimum Gasteiger partial charge on any atom is -0.396 e. The van der Waals surface area contributed by atoms with E-state index >= 15 is 0 Å². The van der Waals surface area contributed by atoms with Crippen LogP contribution in [0, 0.1) is 5.41 Å². The number of hydrogen-bond acceptors (Lipinski definition) is 3. The molecule has 0 radical (unpaired) electrons. The van der Waals surface area contributed by atoms with Crippen LogP contribution in [0.5, 0.6) is 0 Å². The highest BCUT2D eigenvalue weighted by molar-refractivity contribution is 4.93. The van der Waals surface area contributed by atoms with Crippen LogP contribution in [0.4, 0.5) is 0 Å². The molecule has 0 spiro atoms. The van der Waals surface area contributed by atoms with Crippen molar-refractivity contribution in [1.82, 2.24) is 5.32 Å². The standard InChI is InChI=1S/C15H29NO2/c1-13(2)5-4-6-14(3)16-11-15(12-17)7-9-18-10-8-15/h5,14,16-17H,4,6-12H2,1-3H3/t14-/m0/s1. The third kappa shape index (κ3) is 5.51. The summed E-state index contributed by atoms with van der Waals surface area (Å²) in [6, 6.07) is 0.506. The van der Waals surface area contributed by atoms with Gasteiger partial charge in [0.05, 0.1) is 6.61 Å². The van der Waals surface area contributed by atoms with Crippen molar-refractivity contribution in [3.63, 3.8) is 0 Å². The summed E-state index contributed by atoms with van der Waals surface area (Å²) in [7, 11) is 0. The smallest absolute Gasteiger partial charge is 0.0501 e. The van der Waals surface area contributed by atoms with Crippen LogP contribution in [-0.4, -0.2) is 37.5 Å². The molecule has 0 aromatic rings. The Kier molecular flexibility index (Phi) is 6.90. The predicted molar refractivity (Wildman–Crippen MR) is 75.7 cm³/mol. The van der Waals surface area contributed by atoms with E-state index in [-0.39, 0.29) is 12.0 Å². The van der Waals surface area contributed by atoms with Gasteiger partial charge in [-0.05, 0) is 46.5 Å². The van der Waals surface area contributed by atoms with Crippen molar-refractivity contribution < 1.29 is 9.84 Å². The summed E-state index contributed by atoms with van der Waals surface area (Å²) in [5.74, 6) is 0. The van der Waals surface area contributed by atoms with Crippen molar-refractivity contribution >= 4 is 0 Å². The van der Waals surface area contributed by atoms with Crippen LogP contribution < -0.4 is 5.32 Å². The maximum atomic E-state index is 9.60. The Bertz CT molecular complexity index is 253. The molecule has 0 saturated carbocycles. The van der Waals surface area contributed by atoms with E-state index in [1.54, 1.807) is 0 Å². The summed E-state index contributed by atoms with van der Waals surface area (Å²) in [6.45, 7) is 9.25. The van der Waals surface area contributed by atoms with Crippen LogP contribution in [0.15, 0.2) is 11.6 Å². The summed E-state index contributed by atoms with van der Waals surface area (Å²) in [4.78, 5) is 0. The molecule has 0 aliphatic carbocycles. The van der Waals surface area contributed by atoms with E-state index in [1.807, 2.05) is 0 Å². The van der Waals surface area contributed by atoms with Crippen LogP contribution in [0.2, 0.25) is 0 Å². The van der Waals surface area contributed by atoms with E-state index in [1.165, 1.54) is 5.57 Å². The lowest BCUT2D eigenvalue weighted by molar-refractivity contribution is -0.0163. The van der Waals surface area contributed by atoms with Crippen molar-refractivity contribution in [2.24, 2.45) is 5.41 Å². The molecule has 1 rings (SSSR count). The zero-order valence-corrected chi connectivity index (χ0v) is 12.2. The van der Waals surface area contributed by atoms with E-state index in [2.05, 4.69) is 32.2 Å². The van der Waals surface area contributed by atoms with Gasteiger partial charge < -0.3 is 15.2 Å². The number of aliphatic hydroxyl groups excluding tert-OH is 1. The highest BCUT2D eigenvalue weighted by Crippen LogP contribution is 2.29. The lowest BCUT2D eigenvalue weighted by Crippen LogP contribution is -2.44. The normalized spacial score (nSPS) is 20.4. The molecule has 1 aliphatic rings. The molecule has 0 amide bonds. The summed E-state index contributed by atoms with van der Waals surface area (Å²) in [5, 5.41) is 13.2. The Morgan fingerprint density at radius 3 is 2.61 bits per heavy atom. The second-order valence-electron chi connectivity index (χ2n) is 5.91. The molecule has 1 saturated heterocycles. The lowest BCUT2D eigenvalue weighted by Gasteiger charge is -2.36. The number of aliphatic hydroxyl groups is 1. The first-order valence-electron chi connectivity index (χ1n) is 7.13. The molecule has 2 N–H and O–H groups in total. The Balaban J connectivity index is 2.27. The Morgan fingerprint density at radius 1 is 1.39 bits per heavy atom. The molecule has 1 aliphatic heterocycles. The van der Waals surface area contributed by atoms with Gasteiger partial charge >= 0.3 is 0 Å². The van der Waals surface area contributed by atoms with Gasteiger partial charge in [0.2, 0.25) is 0 Å². The second-order valence-corrected chi connectivity index (χ2v) is 5.91. The SMILES string of the molecule is CC(C)=CCC[C@H](C)NCC1(CO)CCOCC1. The van der Waals surface area contributed by atoms with Gasteiger partial charge in [-0.1, -0.05) is 11.6 Å². The van der Waals surface area contributed by atoms with Crippen LogP contribution in [-0.2, 0) is 4.74 Å². The van der Waals surface area contributed by atoms with E-state index < -0.39 is 0 Å². The summed E-state index contributed by atoms with van der Waals surface area (Å²) < 4.78 is 5.38. The molecule has 0 bridgehead atoms. The first kappa shape index (κ1) is 15.7. The van der Waals surface area contributed by atoms with Crippen LogP contribution in [0.3, 0.4) is 0 Å². The molecule has 3 nitrogen and oxygen atoms in total. The number of rotatable bonds is 7. The molecular weight excluding hydrogens is 226 g/mol. The van der Waals surface area contributed by atoms with E-state index in [9.17, 15) is 5.11 Å². The fourth-order valence-electron chi connectivity index (χ4n) is 2.31. The molecule has 0 aromatic carbocycles. The summed E-state index contributed by atoms with van der Waals surface area (Å²) in [5.41, 5.74) is 1.43. The average Bonchev–Trinajstić information content (AvgIpc) is 2.37. The lowest BCUT2D eigenvalue weighted by atomic mass is 9.81. The van der Waals surface area contributed by atoms with Gasteiger partial charge in [0.25, 0.3) is 0 Å². The predicted octanol–water partition coefficient (Wildman–Crippen LogP) is 2.50. The van der Waals surface area contributed by atoms with Crippen molar-refractivity contribution in [3.05, 3.63) is 11.6 Å². The molecule has 1 fully saturated rings. The zero-order valence-electron chi connectivity index (χ0n) is 12.2. The van der Waals surface area contributed by atoms with E-state index in [0.29, 0.717) is 6.04 Å². The number of allylic oxidation sites excluding steroid dienone is 2. The third-order valence-electron chi connectivity index (χ3n) is 3.87. The average molecular weight is 255 g/mol. The van der Waals surface area contributed by atoms with Gasteiger partial charge in [-0.25, -0.2) is 0 Å². The highest BCUT2D eigenvalue weighted by Gasteiger charge is 2.31. The highest BCUT2D eigenvalue weighted by atomic mass is 16.5. The van der Waals surface area contributed by atoms with Crippen molar-refractivity contribution in [3.8, 4) is 0 Å². The van der Waals surface area contributed by atoms with Gasteiger partial charge in [-0.2, -0.15) is 0 Å². The molecule has 106 valence electrons. The van der Waals surface area contributed by atoms with Gasteiger partial charge in [-0.15, -0.1) is 0 Å². The fraction of sp³-hybridized carbons (Fsp3) is 0.867. The molecule has 0 unspecified atom stereocenters. The molecule has 3 heteroatoms. The number of nitrogens with one attached hydrogen (secondary N) is 1. The monoisotopic (exact) mass is 255 g/mol. The minimum absolute atomic E-state index is 0.0447. The molecule has 18 heavy (non-hydrogen) atoms. The van der Waals surface area contributed by atoms with Gasteiger partial charge in [0.1, 0.15) is 0 Å². The van der Waals surface area contributed by atoms with Gasteiger partial charge in [0.15, 0.2) is 0 Å². The second kappa shape index (κ2) is 7.93. The quantitative estimate of drug-likeness (QED) is 0.687. The van der Waals surface area contributed by atoms with Crippen molar-refractivity contribution in [2.75, 3.05) is 26.4 Å². The molecule has 0 aromatic heterocycles. The zero-order chi connectivity index (χ0) is 13.4. The number of ether oxygens (including phenoxy) is 1. The van der Waals surface area contributed by atoms with Gasteiger partial charge in [0, 0.05) is 31.2 Å². The van der Waals surface area contributed by atoms with Crippen molar-refractivity contribution in [1.29, 1.82) is 0 Å². The fourth-order valence-corrected chi connectivity index (χ4v) is 2.31. The molecule has 1 heterocycles.